The molecular formula is C26H37N7. The highest BCUT2D eigenvalue weighted by Crippen LogP contribution is 2.27. The number of nitrogens with two attached hydrogens (primary N) is 1. The Kier molecular flexibility index (Phi) is 10.4. The van der Waals surface area contributed by atoms with Crippen LogP contribution in [0.3, 0.4) is 0 Å². The lowest BCUT2D eigenvalue weighted by Crippen LogP contribution is -2.34. The van der Waals surface area contributed by atoms with Crippen molar-refractivity contribution in [2.75, 3.05) is 33.2 Å². The molecule has 2 aromatic heterocycles. The molecule has 3 rings (SSSR count). The number of aromatic amines is 1. The molecule has 3 aromatic rings. The molecular weight excluding hydrogens is 410 g/mol. The third kappa shape index (κ3) is 9.06. The zero-order chi connectivity index (χ0) is 23.1. The van der Waals surface area contributed by atoms with E-state index in [-0.39, 0.29) is 0 Å². The number of guanidine groups is 1. The van der Waals surface area contributed by atoms with Crippen LogP contribution in [0.4, 0.5) is 0 Å². The Morgan fingerprint density at radius 1 is 1.09 bits per heavy atom. The molecule has 2 heterocycles. The van der Waals surface area contributed by atoms with E-state index in [4.69, 9.17) is 5.73 Å². The van der Waals surface area contributed by atoms with Crippen molar-refractivity contribution in [1.29, 1.82) is 0 Å². The molecule has 0 saturated carbocycles. The molecule has 1 unspecified atom stereocenters. The van der Waals surface area contributed by atoms with E-state index in [1.54, 1.807) is 6.33 Å². The largest absolute Gasteiger partial charge is 0.370 e. The fourth-order valence-electron chi connectivity index (χ4n) is 3.94. The maximum atomic E-state index is 5.97. The van der Waals surface area contributed by atoms with E-state index in [0.717, 1.165) is 69.7 Å². The lowest BCUT2D eigenvalue weighted by atomic mass is 9.90. The fraction of sp³-hybridized carbons (Fsp3) is 0.423. The van der Waals surface area contributed by atoms with Crippen molar-refractivity contribution in [3.63, 3.8) is 0 Å². The maximum Gasteiger partial charge on any atom is 0.188 e. The topological polar surface area (TPSA) is 95.2 Å². The van der Waals surface area contributed by atoms with Gasteiger partial charge in [0.1, 0.15) is 0 Å². The Morgan fingerprint density at radius 3 is 2.67 bits per heavy atom. The molecule has 0 spiro atoms. The van der Waals surface area contributed by atoms with Gasteiger partial charge in [-0.15, -0.1) is 0 Å². The molecule has 7 heteroatoms. The zero-order valence-corrected chi connectivity index (χ0v) is 19.7. The number of nitrogens with zero attached hydrogens (tertiary/aromatic N) is 4. The average molecular weight is 448 g/mol. The van der Waals surface area contributed by atoms with E-state index in [9.17, 15) is 0 Å². The molecule has 0 saturated heterocycles. The van der Waals surface area contributed by atoms with Crippen molar-refractivity contribution in [3.05, 3.63) is 84.2 Å². The SMILES string of the molecule is CN(CCCNC(N)=NCCCc1cnc[nH]1)CCCC(c1ccccc1)c1ccccn1. The summed E-state index contributed by atoms with van der Waals surface area (Å²) < 4.78 is 0. The summed E-state index contributed by atoms with van der Waals surface area (Å²) in [5.41, 5.74) is 9.59. The maximum absolute atomic E-state index is 5.97. The van der Waals surface area contributed by atoms with E-state index < -0.39 is 0 Å². The number of hydrogen-bond donors (Lipinski definition) is 3. The molecule has 0 fully saturated rings. The predicted molar refractivity (Wildman–Crippen MR) is 135 cm³/mol. The minimum Gasteiger partial charge on any atom is -0.370 e. The second kappa shape index (κ2) is 14.1. The van der Waals surface area contributed by atoms with Crippen LogP contribution < -0.4 is 11.1 Å². The van der Waals surface area contributed by atoms with Crippen LogP contribution >= 0.6 is 0 Å². The van der Waals surface area contributed by atoms with Gasteiger partial charge in [-0.1, -0.05) is 36.4 Å². The highest BCUT2D eigenvalue weighted by atomic mass is 15.1. The second-order valence-corrected chi connectivity index (χ2v) is 8.39. The molecule has 0 aliphatic heterocycles. The molecule has 176 valence electrons. The van der Waals surface area contributed by atoms with Crippen molar-refractivity contribution in [2.24, 2.45) is 10.7 Å². The van der Waals surface area contributed by atoms with Crippen LogP contribution in [0.15, 0.2) is 72.2 Å². The Hall–Kier alpha value is -3.19. The van der Waals surface area contributed by atoms with Crippen molar-refractivity contribution in [3.8, 4) is 0 Å². The van der Waals surface area contributed by atoms with Crippen molar-refractivity contribution in [1.82, 2.24) is 25.2 Å². The van der Waals surface area contributed by atoms with E-state index >= 15 is 0 Å². The van der Waals surface area contributed by atoms with E-state index in [1.807, 2.05) is 18.5 Å². The van der Waals surface area contributed by atoms with Crippen LogP contribution in [-0.2, 0) is 6.42 Å². The smallest absolute Gasteiger partial charge is 0.188 e. The first-order chi connectivity index (χ1) is 16.2. The Labute approximate surface area is 197 Å². The van der Waals surface area contributed by atoms with Gasteiger partial charge in [-0.3, -0.25) is 9.98 Å². The first-order valence-electron chi connectivity index (χ1n) is 11.9. The van der Waals surface area contributed by atoms with Gasteiger partial charge < -0.3 is 20.9 Å². The minimum absolute atomic E-state index is 0.340. The summed E-state index contributed by atoms with van der Waals surface area (Å²) in [6.07, 6.45) is 10.6. The van der Waals surface area contributed by atoms with E-state index in [2.05, 4.69) is 79.7 Å². The van der Waals surface area contributed by atoms with Gasteiger partial charge in [0.05, 0.1) is 6.33 Å². The molecule has 1 aromatic carbocycles. The molecule has 0 aliphatic carbocycles. The van der Waals surface area contributed by atoms with Gasteiger partial charge in [-0.2, -0.15) is 0 Å². The highest BCUT2D eigenvalue weighted by Gasteiger charge is 2.15. The summed E-state index contributed by atoms with van der Waals surface area (Å²) in [6, 6.07) is 16.9. The number of H-pyrrole nitrogens is 1. The Bertz CT molecular complexity index is 871. The highest BCUT2D eigenvalue weighted by molar-refractivity contribution is 5.77. The number of rotatable bonds is 14. The summed E-state index contributed by atoms with van der Waals surface area (Å²) in [7, 11) is 2.19. The van der Waals surface area contributed by atoms with Crippen molar-refractivity contribution in [2.45, 2.75) is 38.0 Å². The normalized spacial score (nSPS) is 12.7. The average Bonchev–Trinajstić information content (AvgIpc) is 3.37. The van der Waals surface area contributed by atoms with Gasteiger partial charge in [0.25, 0.3) is 0 Å². The molecule has 33 heavy (non-hydrogen) atoms. The summed E-state index contributed by atoms with van der Waals surface area (Å²) in [6.45, 7) is 3.64. The minimum atomic E-state index is 0.340. The van der Waals surface area contributed by atoms with Gasteiger partial charge in [0, 0.05) is 42.8 Å². The number of nitrogens with one attached hydrogen (secondary N) is 2. The predicted octanol–water partition coefficient (Wildman–Crippen LogP) is 3.58. The first kappa shape index (κ1) is 24.5. The molecule has 4 N–H and O–H groups in total. The van der Waals surface area contributed by atoms with Gasteiger partial charge in [0.2, 0.25) is 0 Å². The van der Waals surface area contributed by atoms with E-state index in [1.165, 1.54) is 5.56 Å². The molecule has 1 atom stereocenters. The summed E-state index contributed by atoms with van der Waals surface area (Å²) in [5.74, 6) is 0.870. The van der Waals surface area contributed by atoms with Crippen LogP contribution in [0.2, 0.25) is 0 Å². The van der Waals surface area contributed by atoms with Gasteiger partial charge in [-0.25, -0.2) is 4.98 Å². The first-order valence-corrected chi connectivity index (χ1v) is 11.9. The lowest BCUT2D eigenvalue weighted by molar-refractivity contribution is 0.319. The summed E-state index contributed by atoms with van der Waals surface area (Å²) in [5, 5.41) is 3.22. The molecule has 0 aliphatic rings. The molecule has 7 nitrogen and oxygen atoms in total. The molecule has 0 bridgehead atoms. The Balaban J connectivity index is 1.31. The Morgan fingerprint density at radius 2 is 1.91 bits per heavy atom. The quantitative estimate of drug-likeness (QED) is 0.199. The van der Waals surface area contributed by atoms with Crippen LogP contribution in [0.1, 0.15) is 48.6 Å². The number of hydrogen-bond acceptors (Lipinski definition) is 4. The van der Waals surface area contributed by atoms with Crippen LogP contribution in [0, 0.1) is 0 Å². The number of aliphatic imine (C=N–C) groups is 1. The monoisotopic (exact) mass is 447 g/mol. The molecule has 0 amide bonds. The van der Waals surface area contributed by atoms with E-state index in [0.29, 0.717) is 11.9 Å². The van der Waals surface area contributed by atoms with Gasteiger partial charge in [-0.05, 0) is 69.9 Å². The fourth-order valence-corrected chi connectivity index (χ4v) is 3.94. The standard InChI is InChI=1S/C26H37N7/c1-33(19-9-17-31-26(27)30-16-7-12-23-20-28-21-32-23)18-8-13-24(22-10-3-2-4-11-22)25-14-5-6-15-29-25/h2-6,10-11,14-15,20-21,24H,7-9,12-13,16-19H2,1H3,(H,28,32)(H3,27,30,31). The number of pyridine rings is 1. The van der Waals surface area contributed by atoms with Crippen LogP contribution in [-0.4, -0.2) is 59.0 Å². The lowest BCUT2D eigenvalue weighted by Gasteiger charge is -2.20. The number of aryl methyl sites for hydroxylation is 1. The molecule has 0 radical (unpaired) electrons. The van der Waals surface area contributed by atoms with Crippen molar-refractivity contribution >= 4 is 5.96 Å². The number of imidazole rings is 1. The van der Waals surface area contributed by atoms with Crippen LogP contribution in [0.5, 0.6) is 0 Å². The van der Waals surface area contributed by atoms with Gasteiger partial charge in [0.15, 0.2) is 5.96 Å². The van der Waals surface area contributed by atoms with Crippen LogP contribution in [0.25, 0.3) is 0 Å². The number of benzene rings is 1. The summed E-state index contributed by atoms with van der Waals surface area (Å²) in [4.78, 5) is 18.5. The number of aromatic nitrogens is 3. The third-order valence-corrected chi connectivity index (χ3v) is 5.74. The summed E-state index contributed by atoms with van der Waals surface area (Å²) >= 11 is 0. The second-order valence-electron chi connectivity index (χ2n) is 8.39. The van der Waals surface area contributed by atoms with Gasteiger partial charge >= 0.3 is 0 Å². The zero-order valence-electron chi connectivity index (χ0n) is 19.7. The third-order valence-electron chi connectivity index (χ3n) is 5.74. The van der Waals surface area contributed by atoms with Crippen molar-refractivity contribution < 1.29 is 0 Å².